The Morgan fingerprint density at radius 2 is 2.18 bits per heavy atom. The van der Waals surface area contributed by atoms with Crippen LogP contribution in [-0.4, -0.2) is 26.7 Å². The van der Waals surface area contributed by atoms with Crippen molar-refractivity contribution >= 4 is 11.0 Å². The molecule has 0 aliphatic carbocycles. The molecule has 0 saturated carbocycles. The number of H-pyrrole nitrogens is 2. The Morgan fingerprint density at radius 3 is 3.06 bits per heavy atom. The van der Waals surface area contributed by atoms with Crippen molar-refractivity contribution in [3.63, 3.8) is 0 Å². The first-order valence-corrected chi connectivity index (χ1v) is 5.54. The summed E-state index contributed by atoms with van der Waals surface area (Å²) in [7, 11) is 0. The number of rotatable bonds is 3. The van der Waals surface area contributed by atoms with Gasteiger partial charge in [0.1, 0.15) is 0 Å². The summed E-state index contributed by atoms with van der Waals surface area (Å²) >= 11 is 0. The van der Waals surface area contributed by atoms with Crippen LogP contribution in [0.4, 0.5) is 0 Å². The van der Waals surface area contributed by atoms with E-state index in [1.165, 1.54) is 0 Å². The number of aromatic nitrogens is 4. The molecule has 1 aromatic carbocycles. The largest absolute Gasteiger partial charge is 0.345 e. The fourth-order valence-electron chi connectivity index (χ4n) is 1.89. The highest BCUT2D eigenvalue weighted by molar-refractivity contribution is 5.80. The molecule has 0 aliphatic rings. The minimum atomic E-state index is 0.626. The average Bonchev–Trinajstić information content (AvgIpc) is 2.96. The van der Waals surface area contributed by atoms with Gasteiger partial charge < -0.3 is 10.7 Å². The Labute approximate surface area is 98.1 Å². The van der Waals surface area contributed by atoms with E-state index in [0.29, 0.717) is 6.54 Å². The SMILES string of the molecule is NCCc1cc(-c2ccc3nc[nH]c3c2)n[nH]1. The number of imidazole rings is 1. The molecule has 2 aromatic heterocycles. The summed E-state index contributed by atoms with van der Waals surface area (Å²) in [6.45, 7) is 0.626. The molecule has 0 bridgehead atoms. The Kier molecular flexibility index (Phi) is 2.38. The topological polar surface area (TPSA) is 83.4 Å². The summed E-state index contributed by atoms with van der Waals surface area (Å²) < 4.78 is 0. The molecule has 5 nitrogen and oxygen atoms in total. The van der Waals surface area contributed by atoms with Crippen LogP contribution in [0.15, 0.2) is 30.6 Å². The molecule has 0 saturated heterocycles. The Hall–Kier alpha value is -2.14. The first kappa shape index (κ1) is 10.0. The fraction of sp³-hybridized carbons (Fsp3) is 0.167. The second-order valence-electron chi connectivity index (χ2n) is 3.95. The van der Waals surface area contributed by atoms with E-state index in [-0.39, 0.29) is 0 Å². The van der Waals surface area contributed by atoms with E-state index in [1.54, 1.807) is 6.33 Å². The second kappa shape index (κ2) is 4.03. The van der Waals surface area contributed by atoms with Gasteiger partial charge in [0.25, 0.3) is 0 Å². The molecule has 0 aliphatic heterocycles. The van der Waals surface area contributed by atoms with Gasteiger partial charge in [-0.05, 0) is 24.7 Å². The molecule has 0 spiro atoms. The van der Waals surface area contributed by atoms with Crippen molar-refractivity contribution < 1.29 is 0 Å². The van der Waals surface area contributed by atoms with Crippen LogP contribution < -0.4 is 5.73 Å². The lowest BCUT2D eigenvalue weighted by molar-refractivity contribution is 0.902. The Morgan fingerprint density at radius 1 is 1.24 bits per heavy atom. The molecule has 2 heterocycles. The van der Waals surface area contributed by atoms with E-state index in [4.69, 9.17) is 5.73 Å². The van der Waals surface area contributed by atoms with Crippen LogP contribution in [0.25, 0.3) is 22.3 Å². The highest BCUT2D eigenvalue weighted by Gasteiger charge is 2.05. The molecule has 86 valence electrons. The summed E-state index contributed by atoms with van der Waals surface area (Å²) in [6, 6.07) is 8.08. The molecule has 17 heavy (non-hydrogen) atoms. The van der Waals surface area contributed by atoms with Crippen LogP contribution in [0.5, 0.6) is 0 Å². The highest BCUT2D eigenvalue weighted by Crippen LogP contribution is 2.21. The third-order valence-electron chi connectivity index (χ3n) is 2.76. The van der Waals surface area contributed by atoms with E-state index in [0.717, 1.165) is 34.4 Å². The van der Waals surface area contributed by atoms with Crippen LogP contribution in [0.2, 0.25) is 0 Å². The number of aromatic amines is 2. The number of benzene rings is 1. The minimum Gasteiger partial charge on any atom is -0.345 e. The number of nitrogens with zero attached hydrogens (tertiary/aromatic N) is 2. The summed E-state index contributed by atoms with van der Waals surface area (Å²) in [5, 5.41) is 7.27. The van der Waals surface area contributed by atoms with E-state index < -0.39 is 0 Å². The molecule has 0 unspecified atom stereocenters. The number of fused-ring (bicyclic) bond motifs is 1. The van der Waals surface area contributed by atoms with Gasteiger partial charge in [-0.25, -0.2) is 4.98 Å². The van der Waals surface area contributed by atoms with Crippen LogP contribution in [0, 0.1) is 0 Å². The third-order valence-corrected chi connectivity index (χ3v) is 2.76. The Balaban J connectivity index is 2.00. The van der Waals surface area contributed by atoms with Crippen LogP contribution in [0.1, 0.15) is 5.69 Å². The maximum atomic E-state index is 5.51. The summed E-state index contributed by atoms with van der Waals surface area (Å²) in [5.74, 6) is 0. The van der Waals surface area contributed by atoms with E-state index >= 15 is 0 Å². The molecule has 5 heteroatoms. The lowest BCUT2D eigenvalue weighted by atomic mass is 10.1. The van der Waals surface area contributed by atoms with Crippen molar-refractivity contribution in [1.82, 2.24) is 20.2 Å². The molecule has 0 radical (unpaired) electrons. The number of nitrogens with one attached hydrogen (secondary N) is 2. The van der Waals surface area contributed by atoms with Gasteiger partial charge in [0.05, 0.1) is 23.1 Å². The van der Waals surface area contributed by atoms with Gasteiger partial charge in [0, 0.05) is 17.7 Å². The quantitative estimate of drug-likeness (QED) is 0.633. The Bertz CT molecular complexity index is 637. The van der Waals surface area contributed by atoms with E-state index in [1.807, 2.05) is 24.3 Å². The molecule has 0 amide bonds. The van der Waals surface area contributed by atoms with Gasteiger partial charge in [0.2, 0.25) is 0 Å². The van der Waals surface area contributed by atoms with Crippen LogP contribution in [0.3, 0.4) is 0 Å². The maximum Gasteiger partial charge on any atom is 0.0931 e. The monoisotopic (exact) mass is 227 g/mol. The zero-order valence-corrected chi connectivity index (χ0v) is 9.27. The molecular formula is C12H13N5. The zero-order chi connectivity index (χ0) is 11.7. The average molecular weight is 227 g/mol. The summed E-state index contributed by atoms with van der Waals surface area (Å²) in [5.41, 5.74) is 10.6. The number of hydrogen-bond acceptors (Lipinski definition) is 3. The van der Waals surface area contributed by atoms with Gasteiger partial charge in [-0.15, -0.1) is 0 Å². The van der Waals surface area contributed by atoms with Crippen molar-refractivity contribution in [2.24, 2.45) is 5.73 Å². The molecule has 4 N–H and O–H groups in total. The van der Waals surface area contributed by atoms with Gasteiger partial charge >= 0.3 is 0 Å². The molecule has 0 atom stereocenters. The van der Waals surface area contributed by atoms with E-state index in [2.05, 4.69) is 20.2 Å². The normalized spacial score (nSPS) is 11.1. The molecular weight excluding hydrogens is 214 g/mol. The zero-order valence-electron chi connectivity index (χ0n) is 9.27. The first-order valence-electron chi connectivity index (χ1n) is 5.54. The van der Waals surface area contributed by atoms with Crippen molar-refractivity contribution in [1.29, 1.82) is 0 Å². The predicted molar refractivity (Wildman–Crippen MR) is 66.4 cm³/mol. The fourth-order valence-corrected chi connectivity index (χ4v) is 1.89. The smallest absolute Gasteiger partial charge is 0.0931 e. The molecule has 0 fully saturated rings. The van der Waals surface area contributed by atoms with Gasteiger partial charge in [-0.3, -0.25) is 5.10 Å². The first-order chi connectivity index (χ1) is 8.36. The standard InChI is InChI=1S/C12H13N5/c13-4-3-9-6-11(17-16-9)8-1-2-10-12(5-8)15-7-14-10/h1-2,5-7H,3-4,13H2,(H,14,15)(H,16,17). The lowest BCUT2D eigenvalue weighted by Crippen LogP contribution is -2.02. The predicted octanol–water partition coefficient (Wildman–Crippen LogP) is 1.45. The van der Waals surface area contributed by atoms with Crippen LogP contribution in [-0.2, 0) is 6.42 Å². The van der Waals surface area contributed by atoms with Crippen molar-refractivity contribution in [2.45, 2.75) is 6.42 Å². The van der Waals surface area contributed by atoms with Gasteiger partial charge in [0.15, 0.2) is 0 Å². The van der Waals surface area contributed by atoms with Crippen molar-refractivity contribution in [3.05, 3.63) is 36.3 Å². The van der Waals surface area contributed by atoms with Crippen molar-refractivity contribution in [3.8, 4) is 11.3 Å². The van der Waals surface area contributed by atoms with Crippen molar-refractivity contribution in [2.75, 3.05) is 6.54 Å². The number of hydrogen-bond donors (Lipinski definition) is 3. The van der Waals surface area contributed by atoms with Crippen LogP contribution >= 0.6 is 0 Å². The lowest BCUT2D eigenvalue weighted by Gasteiger charge is -1.95. The third kappa shape index (κ3) is 1.81. The van der Waals surface area contributed by atoms with Gasteiger partial charge in [-0.2, -0.15) is 5.10 Å². The summed E-state index contributed by atoms with van der Waals surface area (Å²) in [4.78, 5) is 7.28. The molecule has 3 aromatic rings. The van der Waals surface area contributed by atoms with Gasteiger partial charge in [-0.1, -0.05) is 6.07 Å². The second-order valence-corrected chi connectivity index (χ2v) is 3.95. The van der Waals surface area contributed by atoms with E-state index in [9.17, 15) is 0 Å². The highest BCUT2D eigenvalue weighted by atomic mass is 15.1. The summed E-state index contributed by atoms with van der Waals surface area (Å²) in [6.07, 6.45) is 2.51. The minimum absolute atomic E-state index is 0.626. The number of nitrogens with two attached hydrogens (primary N) is 1. The maximum absolute atomic E-state index is 5.51. The molecule has 3 rings (SSSR count).